The number of piperidine rings is 1. The van der Waals surface area contributed by atoms with Crippen LogP contribution in [-0.4, -0.2) is 47.0 Å². The van der Waals surface area contributed by atoms with Crippen LogP contribution in [0.2, 0.25) is 0 Å². The summed E-state index contributed by atoms with van der Waals surface area (Å²) in [5, 5.41) is 0. The van der Waals surface area contributed by atoms with Crippen LogP contribution in [-0.2, 0) is 0 Å². The van der Waals surface area contributed by atoms with Crippen LogP contribution in [0.5, 0.6) is 0 Å². The Balaban J connectivity index is 1.67. The minimum Gasteiger partial charge on any atom is -0.298 e. The van der Waals surface area contributed by atoms with Gasteiger partial charge in [-0.3, -0.25) is 14.8 Å². The third-order valence-corrected chi connectivity index (χ3v) is 4.58. The summed E-state index contributed by atoms with van der Waals surface area (Å²) >= 11 is 0. The van der Waals surface area contributed by atoms with Gasteiger partial charge in [0.2, 0.25) is 0 Å². The molecule has 18 heavy (non-hydrogen) atoms. The number of rotatable bonds is 2. The molecular weight excluding hydrogens is 222 g/mol. The molecule has 2 aliphatic rings. The van der Waals surface area contributed by atoms with E-state index in [9.17, 15) is 0 Å². The number of aromatic nitrogens is 1. The second-order valence-electron chi connectivity index (χ2n) is 5.64. The van der Waals surface area contributed by atoms with Crippen LogP contribution in [0.3, 0.4) is 0 Å². The number of hydrogen-bond acceptors (Lipinski definition) is 3. The van der Waals surface area contributed by atoms with E-state index in [-0.39, 0.29) is 0 Å². The fourth-order valence-corrected chi connectivity index (χ4v) is 3.37. The van der Waals surface area contributed by atoms with Crippen molar-refractivity contribution in [3.8, 4) is 0 Å². The molecule has 3 nitrogen and oxygen atoms in total. The summed E-state index contributed by atoms with van der Waals surface area (Å²) in [6, 6.07) is 5.54. The Hall–Kier alpha value is -0.930. The first-order valence-corrected chi connectivity index (χ1v) is 7.22. The van der Waals surface area contributed by atoms with Gasteiger partial charge >= 0.3 is 0 Å². The van der Waals surface area contributed by atoms with Crippen LogP contribution in [0.1, 0.15) is 37.8 Å². The number of nitrogens with zero attached hydrogens (tertiary/aromatic N) is 3. The van der Waals surface area contributed by atoms with E-state index in [4.69, 9.17) is 0 Å². The molecule has 1 aromatic heterocycles. The molecule has 0 amide bonds. The summed E-state index contributed by atoms with van der Waals surface area (Å²) in [4.78, 5) is 9.56. The standard InChI is InChI=1S/C15H23N3/c1-13(14-5-4-7-16-11-14)18-10-9-17-8-3-2-6-15(17)12-18/h4-5,7,11,13,15H,2-3,6,8-10,12H2,1H3/t13-,15+/m0/s1. The molecule has 3 heterocycles. The van der Waals surface area contributed by atoms with Gasteiger partial charge in [-0.25, -0.2) is 0 Å². The molecule has 3 heteroatoms. The number of fused-ring (bicyclic) bond motifs is 1. The molecule has 2 aliphatic heterocycles. The van der Waals surface area contributed by atoms with Crippen LogP contribution in [0.4, 0.5) is 0 Å². The van der Waals surface area contributed by atoms with Crippen molar-refractivity contribution in [2.45, 2.75) is 38.3 Å². The summed E-state index contributed by atoms with van der Waals surface area (Å²) in [7, 11) is 0. The SMILES string of the molecule is C[C@@H](c1cccnc1)N1CCN2CCCC[C@@H]2C1. The zero-order chi connectivity index (χ0) is 12.4. The van der Waals surface area contributed by atoms with E-state index in [0.717, 1.165) is 6.04 Å². The Morgan fingerprint density at radius 3 is 3.06 bits per heavy atom. The minimum absolute atomic E-state index is 0.503. The molecule has 0 N–H and O–H groups in total. The molecular formula is C15H23N3. The molecule has 0 saturated carbocycles. The van der Waals surface area contributed by atoms with Crippen molar-refractivity contribution in [2.75, 3.05) is 26.2 Å². The average molecular weight is 245 g/mol. The molecule has 2 saturated heterocycles. The van der Waals surface area contributed by atoms with Gasteiger partial charge in [0.05, 0.1) is 0 Å². The van der Waals surface area contributed by atoms with E-state index >= 15 is 0 Å². The smallest absolute Gasteiger partial charge is 0.0336 e. The highest BCUT2D eigenvalue weighted by molar-refractivity contribution is 5.13. The lowest BCUT2D eigenvalue weighted by molar-refractivity contribution is 0.0307. The highest BCUT2D eigenvalue weighted by atomic mass is 15.3. The van der Waals surface area contributed by atoms with E-state index < -0.39 is 0 Å². The lowest BCUT2D eigenvalue weighted by Crippen LogP contribution is -2.55. The highest BCUT2D eigenvalue weighted by Crippen LogP contribution is 2.26. The highest BCUT2D eigenvalue weighted by Gasteiger charge is 2.31. The van der Waals surface area contributed by atoms with Gasteiger partial charge < -0.3 is 0 Å². The molecule has 0 radical (unpaired) electrons. The van der Waals surface area contributed by atoms with Crippen LogP contribution in [0.15, 0.2) is 24.5 Å². The lowest BCUT2D eigenvalue weighted by Gasteiger charge is -2.46. The Kier molecular flexibility index (Phi) is 3.62. The van der Waals surface area contributed by atoms with Crippen molar-refractivity contribution in [1.82, 2.24) is 14.8 Å². The Morgan fingerprint density at radius 1 is 1.28 bits per heavy atom. The van der Waals surface area contributed by atoms with Gasteiger partial charge in [0.15, 0.2) is 0 Å². The maximum absolute atomic E-state index is 4.24. The topological polar surface area (TPSA) is 19.4 Å². The van der Waals surface area contributed by atoms with Crippen molar-refractivity contribution in [2.24, 2.45) is 0 Å². The average Bonchev–Trinajstić information content (AvgIpc) is 2.47. The first-order chi connectivity index (χ1) is 8.84. The van der Waals surface area contributed by atoms with E-state index in [1.54, 1.807) is 0 Å². The van der Waals surface area contributed by atoms with E-state index in [2.05, 4.69) is 27.8 Å². The zero-order valence-electron chi connectivity index (χ0n) is 11.3. The molecule has 1 aromatic rings. The third kappa shape index (κ3) is 2.43. The van der Waals surface area contributed by atoms with Gasteiger partial charge in [0.25, 0.3) is 0 Å². The van der Waals surface area contributed by atoms with Crippen LogP contribution in [0.25, 0.3) is 0 Å². The maximum atomic E-state index is 4.24. The van der Waals surface area contributed by atoms with Gasteiger partial charge in [-0.2, -0.15) is 0 Å². The molecule has 3 rings (SSSR count). The number of hydrogen-bond donors (Lipinski definition) is 0. The minimum atomic E-state index is 0.503. The predicted octanol–water partition coefficient (Wildman–Crippen LogP) is 2.31. The van der Waals surface area contributed by atoms with Crippen molar-refractivity contribution in [3.05, 3.63) is 30.1 Å². The second-order valence-corrected chi connectivity index (χ2v) is 5.64. The molecule has 0 unspecified atom stereocenters. The summed E-state index contributed by atoms with van der Waals surface area (Å²) < 4.78 is 0. The summed E-state index contributed by atoms with van der Waals surface area (Å²) in [6.07, 6.45) is 8.06. The predicted molar refractivity (Wildman–Crippen MR) is 73.4 cm³/mol. The van der Waals surface area contributed by atoms with Gasteiger partial charge in [-0.1, -0.05) is 12.5 Å². The largest absolute Gasteiger partial charge is 0.298 e. The summed E-state index contributed by atoms with van der Waals surface area (Å²) in [5.41, 5.74) is 1.35. The Bertz CT molecular complexity index is 379. The zero-order valence-corrected chi connectivity index (χ0v) is 11.3. The Labute approximate surface area is 110 Å². The summed E-state index contributed by atoms with van der Waals surface area (Å²) in [5.74, 6) is 0. The molecule has 0 aromatic carbocycles. The normalized spacial score (nSPS) is 27.7. The fourth-order valence-electron chi connectivity index (χ4n) is 3.37. The molecule has 98 valence electrons. The molecule has 0 aliphatic carbocycles. The maximum Gasteiger partial charge on any atom is 0.0336 e. The molecule has 2 fully saturated rings. The first kappa shape index (κ1) is 12.1. The van der Waals surface area contributed by atoms with Crippen LogP contribution >= 0.6 is 0 Å². The Morgan fingerprint density at radius 2 is 2.22 bits per heavy atom. The fraction of sp³-hybridized carbons (Fsp3) is 0.667. The molecule has 0 spiro atoms. The van der Waals surface area contributed by atoms with Crippen LogP contribution in [0, 0.1) is 0 Å². The monoisotopic (exact) mass is 245 g/mol. The van der Waals surface area contributed by atoms with E-state index in [1.807, 2.05) is 18.5 Å². The molecule has 0 bridgehead atoms. The van der Waals surface area contributed by atoms with E-state index in [0.29, 0.717) is 6.04 Å². The lowest BCUT2D eigenvalue weighted by atomic mass is 9.98. The number of piperazine rings is 1. The van der Waals surface area contributed by atoms with E-state index in [1.165, 1.54) is 51.0 Å². The first-order valence-electron chi connectivity index (χ1n) is 7.22. The van der Waals surface area contributed by atoms with Gasteiger partial charge in [-0.15, -0.1) is 0 Å². The molecule has 2 atom stereocenters. The van der Waals surface area contributed by atoms with Gasteiger partial charge in [-0.05, 0) is 37.9 Å². The van der Waals surface area contributed by atoms with Crippen molar-refractivity contribution >= 4 is 0 Å². The third-order valence-electron chi connectivity index (χ3n) is 4.58. The van der Waals surface area contributed by atoms with Gasteiger partial charge in [0.1, 0.15) is 0 Å². The van der Waals surface area contributed by atoms with Crippen molar-refractivity contribution in [1.29, 1.82) is 0 Å². The number of pyridine rings is 1. The second kappa shape index (κ2) is 5.37. The van der Waals surface area contributed by atoms with Gasteiger partial charge in [0, 0.05) is 44.1 Å². The summed E-state index contributed by atoms with van der Waals surface area (Å²) in [6.45, 7) is 7.31. The van der Waals surface area contributed by atoms with Crippen molar-refractivity contribution in [3.63, 3.8) is 0 Å². The van der Waals surface area contributed by atoms with Crippen molar-refractivity contribution < 1.29 is 0 Å². The van der Waals surface area contributed by atoms with Crippen LogP contribution < -0.4 is 0 Å². The quantitative estimate of drug-likeness (QED) is 0.797.